The number of hydrogen-bond acceptors (Lipinski definition) is 6. The van der Waals surface area contributed by atoms with Crippen molar-refractivity contribution in [3.05, 3.63) is 33.6 Å². The maximum Gasteiger partial charge on any atom is 0.419 e. The first-order chi connectivity index (χ1) is 13.3. The molecule has 0 aromatic carbocycles. The van der Waals surface area contributed by atoms with Crippen molar-refractivity contribution in [2.45, 2.75) is 58.5 Å². The summed E-state index contributed by atoms with van der Waals surface area (Å²) in [6.45, 7) is 6.24. The minimum absolute atomic E-state index is 0.167. The third-order valence-electron chi connectivity index (χ3n) is 4.26. The van der Waals surface area contributed by atoms with Crippen molar-refractivity contribution in [2.24, 2.45) is 0 Å². The fourth-order valence-corrected chi connectivity index (χ4v) is 3.00. The Morgan fingerprint density at radius 3 is 2.71 bits per heavy atom. The largest absolute Gasteiger partial charge is 0.465 e. The molecule has 1 aliphatic carbocycles. The van der Waals surface area contributed by atoms with Gasteiger partial charge in [0.15, 0.2) is 6.29 Å². The minimum Gasteiger partial charge on any atom is -0.465 e. The molecule has 28 heavy (non-hydrogen) atoms. The lowest BCUT2D eigenvalue weighted by molar-refractivity contribution is -0.169. The van der Waals surface area contributed by atoms with Gasteiger partial charge < -0.3 is 18.9 Å². The second kappa shape index (κ2) is 8.21. The molecule has 150 valence electrons. The molecule has 0 radical (unpaired) electrons. The number of rotatable bonds is 4. The number of carbonyl (C=O) groups excluding carboxylic acids is 2. The van der Waals surface area contributed by atoms with Gasteiger partial charge >= 0.3 is 12.1 Å². The number of nitrogens with zero attached hydrogens (tertiary/aromatic N) is 1. The molecule has 0 saturated carbocycles. The molecule has 0 unspecified atom stereocenters. The summed E-state index contributed by atoms with van der Waals surface area (Å²) in [5.41, 5.74) is 5.79. The van der Waals surface area contributed by atoms with Crippen molar-refractivity contribution < 1.29 is 28.5 Å². The Labute approximate surface area is 163 Å². The zero-order valence-electron chi connectivity index (χ0n) is 16.7. The molecule has 7 nitrogen and oxygen atoms in total. The van der Waals surface area contributed by atoms with Gasteiger partial charge in [0, 0.05) is 11.8 Å². The van der Waals surface area contributed by atoms with Gasteiger partial charge in [-0.15, -0.1) is 0 Å². The van der Waals surface area contributed by atoms with Gasteiger partial charge in [-0.05, 0) is 57.9 Å². The number of methoxy groups -OCH3 is 1. The number of hydrogen-bond donors (Lipinski definition) is 0. The van der Waals surface area contributed by atoms with Crippen molar-refractivity contribution in [1.29, 1.82) is 0 Å². The third kappa shape index (κ3) is 4.64. The van der Waals surface area contributed by atoms with E-state index >= 15 is 0 Å². The Kier molecular flexibility index (Phi) is 5.92. The maximum atomic E-state index is 12.8. The van der Waals surface area contributed by atoms with E-state index in [1.165, 1.54) is 11.7 Å². The molecule has 1 aromatic rings. The molecule has 0 bridgehead atoms. The van der Waals surface area contributed by atoms with Crippen LogP contribution in [0, 0.1) is 0 Å². The van der Waals surface area contributed by atoms with Crippen molar-refractivity contribution in [2.75, 3.05) is 13.7 Å². The van der Waals surface area contributed by atoms with E-state index < -0.39 is 17.7 Å². The van der Waals surface area contributed by atoms with Crippen LogP contribution in [-0.2, 0) is 30.3 Å². The topological polar surface area (TPSA) is 76.0 Å². The molecule has 1 aromatic heterocycles. The van der Waals surface area contributed by atoms with Gasteiger partial charge in [-0.2, -0.15) is 0 Å². The first kappa shape index (κ1) is 20.2. The van der Waals surface area contributed by atoms with Crippen LogP contribution in [0.25, 0.3) is 11.8 Å². The van der Waals surface area contributed by atoms with E-state index in [1.807, 2.05) is 0 Å². The van der Waals surface area contributed by atoms with E-state index in [2.05, 4.69) is 11.5 Å². The highest BCUT2D eigenvalue weighted by Gasteiger charge is 2.23. The maximum absolute atomic E-state index is 12.8. The van der Waals surface area contributed by atoms with Gasteiger partial charge in [0.2, 0.25) is 0 Å². The van der Waals surface area contributed by atoms with Crippen LogP contribution in [0.2, 0.25) is 0 Å². The zero-order chi connectivity index (χ0) is 20.3. The Balaban J connectivity index is 1.98. The standard InChI is InChI=1S/C21H25NO6/c1-21(2,3)28-20(24)22-16(13-27-18-7-5-6-10-26-18)12-15-11-14(19(23)25-4)8-9-17(15)22/h11-12,18H,5-7,10,13H2,1-4H3/t18-/m0/s1. The van der Waals surface area contributed by atoms with Gasteiger partial charge in [-0.1, -0.05) is 5.73 Å². The third-order valence-corrected chi connectivity index (χ3v) is 4.26. The quantitative estimate of drug-likeness (QED) is 0.579. The molecule has 0 N–H and O–H groups in total. The van der Waals surface area contributed by atoms with Crippen LogP contribution in [0.1, 0.15) is 45.7 Å². The summed E-state index contributed by atoms with van der Waals surface area (Å²) >= 11 is 0. The van der Waals surface area contributed by atoms with Crippen molar-refractivity contribution in [3.63, 3.8) is 0 Å². The van der Waals surface area contributed by atoms with Crippen molar-refractivity contribution in [1.82, 2.24) is 4.57 Å². The number of esters is 1. The number of aromatic nitrogens is 1. The first-order valence-electron chi connectivity index (χ1n) is 9.31. The molecule has 2 heterocycles. The van der Waals surface area contributed by atoms with Crippen LogP contribution in [0.5, 0.6) is 0 Å². The fourth-order valence-electron chi connectivity index (χ4n) is 3.00. The lowest BCUT2D eigenvalue weighted by atomic mass is 10.2. The Bertz CT molecular complexity index is 962. The van der Waals surface area contributed by atoms with E-state index in [1.54, 1.807) is 32.9 Å². The van der Waals surface area contributed by atoms with Crippen LogP contribution in [-0.4, -0.2) is 42.2 Å². The molecular weight excluding hydrogens is 362 g/mol. The monoisotopic (exact) mass is 387 g/mol. The minimum atomic E-state index is -0.659. The lowest BCUT2D eigenvalue weighted by Gasteiger charge is -2.23. The molecule has 1 fully saturated rings. The molecule has 3 rings (SSSR count). The Hall–Kier alpha value is -2.56. The lowest BCUT2D eigenvalue weighted by Crippen LogP contribution is -2.38. The Morgan fingerprint density at radius 2 is 2.07 bits per heavy atom. The second-order valence-electron chi connectivity index (χ2n) is 7.66. The van der Waals surface area contributed by atoms with Gasteiger partial charge in [0.1, 0.15) is 16.5 Å². The average molecular weight is 387 g/mol. The molecule has 1 saturated heterocycles. The number of ether oxygens (including phenoxy) is 4. The van der Waals surface area contributed by atoms with E-state index in [-0.39, 0.29) is 18.5 Å². The zero-order valence-corrected chi connectivity index (χ0v) is 16.7. The molecule has 0 spiro atoms. The van der Waals surface area contributed by atoms with E-state index in [0.29, 0.717) is 22.9 Å². The van der Waals surface area contributed by atoms with Crippen molar-refractivity contribution in [3.8, 4) is 0 Å². The van der Waals surface area contributed by atoms with Crippen LogP contribution in [0.4, 0.5) is 4.79 Å². The van der Waals surface area contributed by atoms with Gasteiger partial charge in [-0.25, -0.2) is 14.2 Å². The number of fused-ring (bicyclic) bond motifs is 1. The van der Waals surface area contributed by atoms with E-state index in [0.717, 1.165) is 19.3 Å². The van der Waals surface area contributed by atoms with Gasteiger partial charge in [0.25, 0.3) is 0 Å². The van der Waals surface area contributed by atoms with Gasteiger partial charge in [-0.3, -0.25) is 0 Å². The van der Waals surface area contributed by atoms with E-state index in [4.69, 9.17) is 18.9 Å². The summed E-state index contributed by atoms with van der Waals surface area (Å²) in [4.78, 5) is 24.6. The summed E-state index contributed by atoms with van der Waals surface area (Å²) in [6, 6.07) is 1.78. The predicted molar refractivity (Wildman–Crippen MR) is 101 cm³/mol. The fraction of sp³-hybridized carbons (Fsp3) is 0.524. The summed E-state index contributed by atoms with van der Waals surface area (Å²) in [7, 11) is 1.30. The summed E-state index contributed by atoms with van der Waals surface area (Å²) < 4.78 is 23.1. The van der Waals surface area contributed by atoms with E-state index in [9.17, 15) is 9.59 Å². The average Bonchev–Trinajstić information content (AvgIpc) is 3.02. The molecule has 1 aliphatic heterocycles. The highest BCUT2D eigenvalue weighted by atomic mass is 16.7. The van der Waals surface area contributed by atoms with Crippen LogP contribution in [0.3, 0.4) is 0 Å². The summed E-state index contributed by atoms with van der Waals surface area (Å²) in [5, 5.41) is 1.11. The number of carbonyl (C=O) groups is 2. The van der Waals surface area contributed by atoms with Crippen LogP contribution in [0.15, 0.2) is 17.4 Å². The first-order valence-corrected chi connectivity index (χ1v) is 9.31. The smallest absolute Gasteiger partial charge is 0.419 e. The van der Waals surface area contributed by atoms with Crippen LogP contribution < -0.4 is 10.6 Å². The normalized spacial score (nSPS) is 18.4. The summed E-state index contributed by atoms with van der Waals surface area (Å²) in [5.74, 6) is -0.517. The highest BCUT2D eigenvalue weighted by Crippen LogP contribution is 2.16. The predicted octanol–water partition coefficient (Wildman–Crippen LogP) is 1.74. The Morgan fingerprint density at radius 1 is 1.29 bits per heavy atom. The SMILES string of the molecule is COC(=O)C1=C=C=c2c(cc(CO[C@H]3CCCCO3)n2C(=O)OC(C)(C)C)=C1. The molecule has 0 amide bonds. The molecule has 2 aliphatic rings. The molecular formula is C21H25NO6. The molecule has 1 atom stereocenters. The second-order valence-corrected chi connectivity index (χ2v) is 7.66. The van der Waals surface area contributed by atoms with Crippen LogP contribution >= 0.6 is 0 Å². The van der Waals surface area contributed by atoms with Gasteiger partial charge in [0.05, 0.1) is 19.4 Å². The summed E-state index contributed by atoms with van der Waals surface area (Å²) in [6.07, 6.45) is 3.67. The molecule has 7 heteroatoms. The van der Waals surface area contributed by atoms with Crippen molar-refractivity contribution >= 4 is 23.9 Å². The highest BCUT2D eigenvalue weighted by molar-refractivity contribution is 5.98.